The molecule has 2 rings (SSSR count). The van der Waals surface area contributed by atoms with Gasteiger partial charge in [0, 0.05) is 18.3 Å². The van der Waals surface area contributed by atoms with Crippen LogP contribution in [-0.4, -0.2) is 12.6 Å². The summed E-state index contributed by atoms with van der Waals surface area (Å²) in [5.74, 6) is 0.366. The first-order chi connectivity index (χ1) is 8.97. The van der Waals surface area contributed by atoms with Crippen LogP contribution in [0.1, 0.15) is 31.2 Å². The number of nitrogens with two attached hydrogens (primary N) is 1. The fraction of sp³-hybridized carbons (Fsp3) is 0.571. The maximum atomic E-state index is 12.8. The lowest BCUT2D eigenvalue weighted by atomic mass is 9.86. The predicted molar refractivity (Wildman–Crippen MR) is 69.9 cm³/mol. The van der Waals surface area contributed by atoms with E-state index >= 15 is 0 Å². The molecule has 1 aromatic carbocycles. The van der Waals surface area contributed by atoms with Gasteiger partial charge in [0.25, 0.3) is 0 Å². The summed E-state index contributed by atoms with van der Waals surface area (Å²) < 4.78 is 38.4. The molecule has 19 heavy (non-hydrogen) atoms. The van der Waals surface area contributed by atoms with Gasteiger partial charge in [0.2, 0.25) is 0 Å². The lowest BCUT2D eigenvalue weighted by molar-refractivity contribution is -0.137. The van der Waals surface area contributed by atoms with Crippen molar-refractivity contribution in [3.05, 3.63) is 29.8 Å². The summed E-state index contributed by atoms with van der Waals surface area (Å²) in [4.78, 5) is 0. The molecule has 106 valence electrons. The van der Waals surface area contributed by atoms with E-state index in [1.165, 1.54) is 12.1 Å². The molecule has 3 N–H and O–H groups in total. The molecule has 0 aromatic heterocycles. The fourth-order valence-corrected chi connectivity index (χ4v) is 2.66. The number of hydrogen-bond donors (Lipinski definition) is 2. The molecule has 2 nitrogen and oxygen atoms in total. The van der Waals surface area contributed by atoms with Gasteiger partial charge in [0.1, 0.15) is 0 Å². The molecule has 0 spiro atoms. The minimum absolute atomic E-state index is 0.161. The van der Waals surface area contributed by atoms with Crippen molar-refractivity contribution >= 4 is 5.69 Å². The highest BCUT2D eigenvalue weighted by molar-refractivity contribution is 5.52. The van der Waals surface area contributed by atoms with Crippen molar-refractivity contribution in [3.8, 4) is 0 Å². The highest BCUT2D eigenvalue weighted by Crippen LogP contribution is 2.35. The molecule has 0 radical (unpaired) electrons. The SMILES string of the molecule is NC1CCCC(CNc2ccccc2C(F)(F)F)C1. The average molecular weight is 272 g/mol. The highest BCUT2D eigenvalue weighted by Gasteiger charge is 2.33. The largest absolute Gasteiger partial charge is 0.418 e. The van der Waals surface area contributed by atoms with Crippen molar-refractivity contribution in [2.75, 3.05) is 11.9 Å². The van der Waals surface area contributed by atoms with E-state index in [0.717, 1.165) is 31.7 Å². The van der Waals surface area contributed by atoms with Gasteiger partial charge in [0.05, 0.1) is 5.56 Å². The number of hydrogen-bond acceptors (Lipinski definition) is 2. The maximum absolute atomic E-state index is 12.8. The second-order valence-electron chi connectivity index (χ2n) is 5.22. The lowest BCUT2D eigenvalue weighted by Crippen LogP contribution is -2.31. The lowest BCUT2D eigenvalue weighted by Gasteiger charge is -2.27. The summed E-state index contributed by atoms with van der Waals surface area (Å²) in [6, 6.07) is 5.80. The number of halogens is 3. The Morgan fingerprint density at radius 3 is 2.63 bits per heavy atom. The first-order valence-electron chi connectivity index (χ1n) is 6.62. The van der Waals surface area contributed by atoms with Crippen molar-refractivity contribution < 1.29 is 13.2 Å². The van der Waals surface area contributed by atoms with Gasteiger partial charge in [-0.3, -0.25) is 0 Å². The van der Waals surface area contributed by atoms with Crippen molar-refractivity contribution in [3.63, 3.8) is 0 Å². The van der Waals surface area contributed by atoms with E-state index in [1.54, 1.807) is 6.07 Å². The minimum atomic E-state index is -4.31. The molecule has 1 fully saturated rings. The van der Waals surface area contributed by atoms with Crippen LogP contribution in [0.3, 0.4) is 0 Å². The summed E-state index contributed by atoms with van der Waals surface area (Å²) >= 11 is 0. The Balaban J connectivity index is 1.99. The van der Waals surface area contributed by atoms with Crippen molar-refractivity contribution in [1.82, 2.24) is 0 Å². The topological polar surface area (TPSA) is 38.0 Å². The maximum Gasteiger partial charge on any atom is 0.418 e. The Morgan fingerprint density at radius 1 is 1.21 bits per heavy atom. The first kappa shape index (κ1) is 14.2. The third-order valence-corrected chi connectivity index (χ3v) is 3.64. The van der Waals surface area contributed by atoms with E-state index in [-0.39, 0.29) is 11.7 Å². The molecule has 0 saturated heterocycles. The second kappa shape index (κ2) is 5.82. The number of alkyl halides is 3. The highest BCUT2D eigenvalue weighted by atomic mass is 19.4. The number of para-hydroxylation sites is 1. The van der Waals surface area contributed by atoms with Gasteiger partial charge in [-0.1, -0.05) is 18.6 Å². The number of nitrogens with one attached hydrogen (secondary N) is 1. The smallest absolute Gasteiger partial charge is 0.384 e. The number of benzene rings is 1. The fourth-order valence-electron chi connectivity index (χ4n) is 2.66. The quantitative estimate of drug-likeness (QED) is 0.881. The molecule has 1 aliphatic rings. The molecule has 1 aliphatic carbocycles. The molecule has 1 aromatic rings. The summed E-state index contributed by atoms with van der Waals surface area (Å²) in [5.41, 5.74) is 5.44. The summed E-state index contributed by atoms with van der Waals surface area (Å²) in [6.07, 6.45) is -0.299. The third-order valence-electron chi connectivity index (χ3n) is 3.64. The van der Waals surface area contributed by atoms with Crippen molar-refractivity contribution in [2.24, 2.45) is 11.7 Å². The minimum Gasteiger partial charge on any atom is -0.384 e. The van der Waals surface area contributed by atoms with E-state index in [4.69, 9.17) is 5.73 Å². The Labute approximate surface area is 111 Å². The average Bonchev–Trinajstić information content (AvgIpc) is 2.36. The number of rotatable bonds is 3. The summed E-state index contributed by atoms with van der Waals surface area (Å²) in [7, 11) is 0. The van der Waals surface area contributed by atoms with Crippen molar-refractivity contribution in [2.45, 2.75) is 37.9 Å². The van der Waals surface area contributed by atoms with Gasteiger partial charge in [-0.2, -0.15) is 13.2 Å². The van der Waals surface area contributed by atoms with Crippen LogP contribution in [0.2, 0.25) is 0 Å². The van der Waals surface area contributed by atoms with Crippen LogP contribution in [-0.2, 0) is 6.18 Å². The zero-order valence-corrected chi connectivity index (χ0v) is 10.7. The Bertz CT molecular complexity index is 417. The van der Waals surface area contributed by atoms with Gasteiger partial charge in [-0.15, -0.1) is 0 Å². The second-order valence-corrected chi connectivity index (χ2v) is 5.22. The Morgan fingerprint density at radius 2 is 1.95 bits per heavy atom. The molecule has 0 amide bonds. The summed E-state index contributed by atoms with van der Waals surface area (Å²) in [6.45, 7) is 0.556. The zero-order valence-electron chi connectivity index (χ0n) is 10.7. The molecule has 0 heterocycles. The van der Waals surface area contributed by atoms with Crippen LogP contribution in [0, 0.1) is 5.92 Å². The van der Waals surface area contributed by atoms with Crippen LogP contribution in [0.25, 0.3) is 0 Å². The monoisotopic (exact) mass is 272 g/mol. The molecule has 5 heteroatoms. The Hall–Kier alpha value is -1.23. The standard InChI is InChI=1S/C14H19F3N2/c15-14(16,17)12-6-1-2-7-13(12)19-9-10-4-3-5-11(18)8-10/h1-2,6-7,10-11,19H,3-5,8-9,18H2. The third kappa shape index (κ3) is 3.86. The van der Waals surface area contributed by atoms with Crippen molar-refractivity contribution in [1.29, 1.82) is 0 Å². The van der Waals surface area contributed by atoms with Gasteiger partial charge in [-0.25, -0.2) is 0 Å². The van der Waals surface area contributed by atoms with E-state index in [0.29, 0.717) is 12.5 Å². The van der Waals surface area contributed by atoms with E-state index in [9.17, 15) is 13.2 Å². The molecular weight excluding hydrogens is 253 g/mol. The van der Waals surface area contributed by atoms with Gasteiger partial charge >= 0.3 is 6.18 Å². The van der Waals surface area contributed by atoms with E-state index < -0.39 is 11.7 Å². The molecule has 1 saturated carbocycles. The Kier molecular flexibility index (Phi) is 4.34. The van der Waals surface area contributed by atoms with E-state index in [1.807, 2.05) is 0 Å². The van der Waals surface area contributed by atoms with Crippen LogP contribution < -0.4 is 11.1 Å². The predicted octanol–water partition coefficient (Wildman–Crippen LogP) is 3.63. The van der Waals surface area contributed by atoms with Gasteiger partial charge < -0.3 is 11.1 Å². The van der Waals surface area contributed by atoms with Crippen LogP contribution in [0.5, 0.6) is 0 Å². The normalized spacial score (nSPS) is 24.2. The van der Waals surface area contributed by atoms with E-state index in [2.05, 4.69) is 5.32 Å². The van der Waals surface area contributed by atoms with Crippen LogP contribution in [0.4, 0.5) is 18.9 Å². The van der Waals surface area contributed by atoms with Crippen LogP contribution in [0.15, 0.2) is 24.3 Å². The molecule has 2 atom stereocenters. The molecule has 2 unspecified atom stereocenters. The summed E-state index contributed by atoms with van der Waals surface area (Å²) in [5, 5.41) is 2.93. The number of anilines is 1. The van der Waals surface area contributed by atoms with Crippen LogP contribution >= 0.6 is 0 Å². The van der Waals surface area contributed by atoms with Gasteiger partial charge in [-0.05, 0) is 37.3 Å². The zero-order chi connectivity index (χ0) is 13.9. The van der Waals surface area contributed by atoms with Gasteiger partial charge in [0.15, 0.2) is 0 Å². The molecular formula is C14H19F3N2. The molecule has 0 bridgehead atoms. The first-order valence-corrected chi connectivity index (χ1v) is 6.62. The molecule has 0 aliphatic heterocycles.